The number of aryl methyl sites for hydroxylation is 1. The molecule has 0 bridgehead atoms. The summed E-state index contributed by atoms with van der Waals surface area (Å²) in [4.78, 5) is 9.55. The molecule has 4 heteroatoms. The summed E-state index contributed by atoms with van der Waals surface area (Å²) in [7, 11) is 0. The third-order valence-electron chi connectivity index (χ3n) is 4.41. The van der Waals surface area contributed by atoms with Gasteiger partial charge >= 0.3 is 0 Å². The van der Waals surface area contributed by atoms with Gasteiger partial charge in [0, 0.05) is 43.3 Å². The van der Waals surface area contributed by atoms with Crippen LogP contribution in [0.5, 0.6) is 0 Å². The Hall–Kier alpha value is -1.65. The molecule has 2 atom stereocenters. The zero-order valence-electron chi connectivity index (χ0n) is 13.7. The van der Waals surface area contributed by atoms with Crippen LogP contribution in [0.15, 0.2) is 30.3 Å². The molecule has 1 aliphatic heterocycles. The van der Waals surface area contributed by atoms with Crippen LogP contribution in [0.2, 0.25) is 0 Å². The Balaban J connectivity index is 1.87. The van der Waals surface area contributed by atoms with Crippen molar-refractivity contribution in [3.63, 3.8) is 0 Å². The maximum atomic E-state index is 9.62. The summed E-state index contributed by atoms with van der Waals surface area (Å²) in [5.74, 6) is 1.10. The molecule has 0 amide bonds. The molecule has 1 aliphatic rings. The monoisotopic (exact) mass is 299 g/mol. The van der Waals surface area contributed by atoms with Gasteiger partial charge in [0.2, 0.25) is 0 Å². The van der Waals surface area contributed by atoms with Crippen molar-refractivity contribution in [1.29, 1.82) is 0 Å². The second-order valence-corrected chi connectivity index (χ2v) is 6.45. The zero-order chi connectivity index (χ0) is 15.7. The first-order valence-corrected chi connectivity index (χ1v) is 8.08. The van der Waals surface area contributed by atoms with Crippen LogP contribution in [0.1, 0.15) is 19.5 Å². The minimum absolute atomic E-state index is 0.271. The summed E-state index contributed by atoms with van der Waals surface area (Å²) in [5.41, 5.74) is 1.06. The predicted octanol–water partition coefficient (Wildman–Crippen LogP) is 2.43. The number of aliphatic hydroxyl groups is 1. The van der Waals surface area contributed by atoms with Crippen LogP contribution in [0.3, 0.4) is 0 Å². The van der Waals surface area contributed by atoms with Crippen molar-refractivity contribution in [3.05, 3.63) is 36.0 Å². The first-order valence-electron chi connectivity index (χ1n) is 8.08. The van der Waals surface area contributed by atoms with Crippen LogP contribution in [0.4, 0.5) is 5.82 Å². The van der Waals surface area contributed by atoms with E-state index in [2.05, 4.69) is 54.0 Å². The van der Waals surface area contributed by atoms with E-state index < -0.39 is 0 Å². The number of anilines is 1. The molecule has 1 fully saturated rings. The molecule has 1 aromatic heterocycles. The van der Waals surface area contributed by atoms with Crippen LogP contribution >= 0.6 is 0 Å². The van der Waals surface area contributed by atoms with Gasteiger partial charge < -0.3 is 10.0 Å². The lowest BCUT2D eigenvalue weighted by Crippen LogP contribution is -2.53. The summed E-state index contributed by atoms with van der Waals surface area (Å²) in [6.07, 6.45) is -0.271. The molecule has 0 unspecified atom stereocenters. The lowest BCUT2D eigenvalue weighted by Gasteiger charge is -2.41. The van der Waals surface area contributed by atoms with Crippen LogP contribution in [0.25, 0.3) is 10.8 Å². The van der Waals surface area contributed by atoms with Crippen molar-refractivity contribution in [3.8, 4) is 0 Å². The Labute approximate surface area is 132 Å². The standard InChI is InChI=1S/C18H25N3O/c1-13-10-16-6-4-5-7-17(16)18(19-13)21-9-8-20(12-15(3)22)14(2)11-21/h4-7,10,14-15,22H,8-9,11-12H2,1-3H3/t14-,15-/m0/s1. The molecule has 118 valence electrons. The minimum Gasteiger partial charge on any atom is -0.392 e. The smallest absolute Gasteiger partial charge is 0.136 e. The van der Waals surface area contributed by atoms with Crippen molar-refractivity contribution < 1.29 is 5.11 Å². The maximum Gasteiger partial charge on any atom is 0.136 e. The Kier molecular flexibility index (Phi) is 4.32. The highest BCUT2D eigenvalue weighted by molar-refractivity contribution is 5.92. The van der Waals surface area contributed by atoms with Gasteiger partial charge in [0.25, 0.3) is 0 Å². The average molecular weight is 299 g/mol. The molecule has 0 aliphatic carbocycles. The number of nitrogens with zero attached hydrogens (tertiary/aromatic N) is 3. The molecule has 0 spiro atoms. The molecule has 4 nitrogen and oxygen atoms in total. The number of rotatable bonds is 3. The lowest BCUT2D eigenvalue weighted by molar-refractivity contribution is 0.0959. The first-order chi connectivity index (χ1) is 10.5. The van der Waals surface area contributed by atoms with E-state index >= 15 is 0 Å². The molecule has 2 heterocycles. The van der Waals surface area contributed by atoms with Gasteiger partial charge in [-0.25, -0.2) is 4.98 Å². The highest BCUT2D eigenvalue weighted by atomic mass is 16.3. The number of piperazine rings is 1. The lowest BCUT2D eigenvalue weighted by atomic mass is 10.1. The molecule has 2 aromatic rings. The minimum atomic E-state index is -0.271. The SMILES string of the molecule is Cc1cc2ccccc2c(N2CCN(C[C@H](C)O)[C@@H](C)C2)n1. The van der Waals surface area contributed by atoms with E-state index in [9.17, 15) is 5.11 Å². The van der Waals surface area contributed by atoms with E-state index in [0.29, 0.717) is 6.04 Å². The van der Waals surface area contributed by atoms with E-state index in [-0.39, 0.29) is 6.10 Å². The van der Waals surface area contributed by atoms with E-state index in [1.807, 2.05) is 6.92 Å². The largest absolute Gasteiger partial charge is 0.392 e. The van der Waals surface area contributed by atoms with E-state index in [0.717, 1.165) is 37.7 Å². The molecule has 0 radical (unpaired) electrons. The number of benzene rings is 1. The zero-order valence-corrected chi connectivity index (χ0v) is 13.7. The van der Waals surface area contributed by atoms with Crippen molar-refractivity contribution >= 4 is 16.6 Å². The van der Waals surface area contributed by atoms with Gasteiger partial charge in [-0.05, 0) is 32.2 Å². The van der Waals surface area contributed by atoms with Gasteiger partial charge in [-0.1, -0.05) is 24.3 Å². The topological polar surface area (TPSA) is 39.6 Å². The third kappa shape index (κ3) is 3.08. The van der Waals surface area contributed by atoms with E-state index in [1.54, 1.807) is 0 Å². The Morgan fingerprint density at radius 3 is 2.82 bits per heavy atom. The van der Waals surface area contributed by atoms with Gasteiger partial charge in [-0.15, -0.1) is 0 Å². The van der Waals surface area contributed by atoms with Gasteiger partial charge in [-0.2, -0.15) is 0 Å². The molecular weight excluding hydrogens is 274 g/mol. The van der Waals surface area contributed by atoms with Crippen LogP contribution < -0.4 is 4.90 Å². The van der Waals surface area contributed by atoms with Gasteiger partial charge in [0.05, 0.1) is 6.10 Å². The summed E-state index contributed by atoms with van der Waals surface area (Å²) >= 11 is 0. The number of fused-ring (bicyclic) bond motifs is 1. The highest BCUT2D eigenvalue weighted by Crippen LogP contribution is 2.27. The highest BCUT2D eigenvalue weighted by Gasteiger charge is 2.26. The summed E-state index contributed by atoms with van der Waals surface area (Å²) in [5, 5.41) is 12.1. The predicted molar refractivity (Wildman–Crippen MR) is 91.4 cm³/mol. The Bertz CT molecular complexity index is 656. The number of hydrogen-bond donors (Lipinski definition) is 1. The molecular formula is C18H25N3O. The Morgan fingerprint density at radius 2 is 2.09 bits per heavy atom. The molecule has 22 heavy (non-hydrogen) atoms. The summed E-state index contributed by atoms with van der Waals surface area (Å²) in [6, 6.07) is 11.0. The summed E-state index contributed by atoms with van der Waals surface area (Å²) in [6.45, 7) is 9.77. The fraction of sp³-hybridized carbons (Fsp3) is 0.500. The molecule has 3 rings (SSSR count). The van der Waals surface area contributed by atoms with Crippen molar-refractivity contribution in [2.75, 3.05) is 31.1 Å². The number of hydrogen-bond acceptors (Lipinski definition) is 4. The quantitative estimate of drug-likeness (QED) is 0.945. The van der Waals surface area contributed by atoms with Gasteiger partial charge in [-0.3, -0.25) is 4.90 Å². The van der Waals surface area contributed by atoms with Crippen molar-refractivity contribution in [1.82, 2.24) is 9.88 Å². The second kappa shape index (κ2) is 6.23. The number of aliphatic hydroxyl groups excluding tert-OH is 1. The van der Waals surface area contributed by atoms with E-state index in [1.165, 1.54) is 10.8 Å². The number of aromatic nitrogens is 1. The van der Waals surface area contributed by atoms with Crippen molar-refractivity contribution in [2.24, 2.45) is 0 Å². The van der Waals surface area contributed by atoms with Gasteiger partial charge in [0.1, 0.15) is 5.82 Å². The first kappa shape index (κ1) is 15.3. The second-order valence-electron chi connectivity index (χ2n) is 6.45. The molecule has 1 N–H and O–H groups in total. The van der Waals surface area contributed by atoms with Crippen LogP contribution in [-0.4, -0.2) is 53.3 Å². The molecule has 0 saturated carbocycles. The number of β-amino-alcohol motifs (C(OH)–C–C–N with tert-alkyl or cyclic N) is 1. The maximum absolute atomic E-state index is 9.62. The number of pyridine rings is 1. The summed E-state index contributed by atoms with van der Waals surface area (Å²) < 4.78 is 0. The van der Waals surface area contributed by atoms with Gasteiger partial charge in [0.15, 0.2) is 0 Å². The van der Waals surface area contributed by atoms with Crippen LogP contribution in [0, 0.1) is 6.92 Å². The van der Waals surface area contributed by atoms with Crippen LogP contribution in [-0.2, 0) is 0 Å². The molecule has 1 aromatic carbocycles. The van der Waals surface area contributed by atoms with Crippen molar-refractivity contribution in [2.45, 2.75) is 32.9 Å². The normalized spacial score (nSPS) is 21.3. The fourth-order valence-corrected chi connectivity index (χ4v) is 3.35. The van der Waals surface area contributed by atoms with E-state index in [4.69, 9.17) is 4.98 Å². The average Bonchev–Trinajstić information content (AvgIpc) is 2.48. The Morgan fingerprint density at radius 1 is 1.32 bits per heavy atom. The molecule has 1 saturated heterocycles. The fourth-order valence-electron chi connectivity index (χ4n) is 3.35. The third-order valence-corrected chi connectivity index (χ3v) is 4.41.